The number of benzene rings is 2. The molecule has 0 aliphatic rings. The summed E-state index contributed by atoms with van der Waals surface area (Å²) in [5.41, 5.74) is 3.66. The Morgan fingerprint density at radius 1 is 1.00 bits per heavy atom. The molecule has 0 aromatic heterocycles. The van der Waals surface area contributed by atoms with Gasteiger partial charge < -0.3 is 5.32 Å². The van der Waals surface area contributed by atoms with Crippen LogP contribution in [-0.2, 0) is 0 Å². The highest BCUT2D eigenvalue weighted by molar-refractivity contribution is 6.41. The molecule has 20 heavy (non-hydrogen) atoms. The van der Waals surface area contributed by atoms with Gasteiger partial charge in [0.05, 0.1) is 10.0 Å². The molecular weight excluding hydrogens is 319 g/mol. The maximum atomic E-state index is 6.07. The molecule has 0 heterocycles. The van der Waals surface area contributed by atoms with E-state index < -0.39 is 0 Å². The summed E-state index contributed by atoms with van der Waals surface area (Å²) in [6, 6.07) is 12.5. The molecule has 0 spiro atoms. The standard InChI is InChI=1S/C13H11Cl3N4/c14-8-6-10(15)12(11(16)7-8)19-13(20-17)18-9-4-2-1-3-5-9/h1-7H,17H2,(H2,18,19,20). The second-order valence-corrected chi connectivity index (χ2v) is 5.06. The van der Waals surface area contributed by atoms with Gasteiger partial charge in [-0.15, -0.1) is 0 Å². The average molecular weight is 330 g/mol. The van der Waals surface area contributed by atoms with Crippen LogP contribution in [-0.4, -0.2) is 5.96 Å². The van der Waals surface area contributed by atoms with Gasteiger partial charge >= 0.3 is 0 Å². The van der Waals surface area contributed by atoms with Gasteiger partial charge in [0.25, 0.3) is 0 Å². The number of hydrogen-bond acceptors (Lipinski definition) is 2. The Morgan fingerprint density at radius 3 is 2.15 bits per heavy atom. The highest BCUT2D eigenvalue weighted by Crippen LogP contribution is 2.35. The van der Waals surface area contributed by atoms with Crippen LogP contribution in [0.25, 0.3) is 0 Å². The summed E-state index contributed by atoms with van der Waals surface area (Å²) >= 11 is 18.0. The van der Waals surface area contributed by atoms with E-state index in [9.17, 15) is 0 Å². The van der Waals surface area contributed by atoms with Crippen LogP contribution < -0.4 is 16.6 Å². The lowest BCUT2D eigenvalue weighted by atomic mass is 10.3. The van der Waals surface area contributed by atoms with Crippen molar-refractivity contribution in [1.82, 2.24) is 5.43 Å². The van der Waals surface area contributed by atoms with Crippen molar-refractivity contribution in [3.63, 3.8) is 0 Å². The lowest BCUT2D eigenvalue weighted by Gasteiger charge is -2.10. The van der Waals surface area contributed by atoms with Gasteiger partial charge in [-0.2, -0.15) is 0 Å². The molecule has 7 heteroatoms. The number of hydrogen-bond donors (Lipinski definition) is 3. The van der Waals surface area contributed by atoms with Crippen LogP contribution in [0.2, 0.25) is 15.1 Å². The molecule has 0 atom stereocenters. The van der Waals surface area contributed by atoms with E-state index >= 15 is 0 Å². The fourth-order valence-electron chi connectivity index (χ4n) is 1.51. The van der Waals surface area contributed by atoms with Crippen LogP contribution in [0.5, 0.6) is 0 Å². The number of hydrazine groups is 1. The van der Waals surface area contributed by atoms with E-state index in [4.69, 9.17) is 40.6 Å². The SMILES string of the molecule is NNC(=Nc1c(Cl)cc(Cl)cc1Cl)Nc1ccccc1. The average Bonchev–Trinajstić information content (AvgIpc) is 2.42. The number of nitrogens with two attached hydrogens (primary N) is 1. The predicted molar refractivity (Wildman–Crippen MR) is 86.0 cm³/mol. The molecule has 0 fully saturated rings. The molecule has 0 amide bonds. The van der Waals surface area contributed by atoms with Crippen molar-refractivity contribution in [2.45, 2.75) is 0 Å². The Morgan fingerprint density at radius 2 is 1.60 bits per heavy atom. The Bertz CT molecular complexity index is 606. The first kappa shape index (κ1) is 14.9. The van der Waals surface area contributed by atoms with E-state index in [-0.39, 0.29) is 0 Å². The second kappa shape index (κ2) is 6.81. The van der Waals surface area contributed by atoms with E-state index in [1.165, 1.54) is 0 Å². The first-order valence-electron chi connectivity index (χ1n) is 5.62. The van der Waals surface area contributed by atoms with Crippen LogP contribution in [0.15, 0.2) is 47.5 Å². The Hall–Kier alpha value is -1.46. The van der Waals surface area contributed by atoms with E-state index in [0.717, 1.165) is 5.69 Å². The molecule has 4 N–H and O–H groups in total. The molecule has 4 nitrogen and oxygen atoms in total. The molecule has 0 unspecified atom stereocenters. The molecular formula is C13H11Cl3N4. The molecule has 2 rings (SSSR count). The molecule has 0 bridgehead atoms. The molecule has 0 radical (unpaired) electrons. The number of nitrogens with zero attached hydrogens (tertiary/aromatic N) is 1. The van der Waals surface area contributed by atoms with Gasteiger partial charge in [-0.1, -0.05) is 53.0 Å². The van der Waals surface area contributed by atoms with E-state index in [2.05, 4.69) is 15.7 Å². The quantitative estimate of drug-likeness (QED) is 0.335. The van der Waals surface area contributed by atoms with Crippen molar-refractivity contribution in [3.8, 4) is 0 Å². The van der Waals surface area contributed by atoms with Crippen LogP contribution in [0.3, 0.4) is 0 Å². The van der Waals surface area contributed by atoms with E-state index in [1.54, 1.807) is 12.1 Å². The number of anilines is 1. The molecule has 0 aliphatic heterocycles. The predicted octanol–water partition coefficient (Wildman–Crippen LogP) is 4.21. The molecule has 0 saturated carbocycles. The van der Waals surface area contributed by atoms with Crippen molar-refractivity contribution < 1.29 is 0 Å². The monoisotopic (exact) mass is 328 g/mol. The topological polar surface area (TPSA) is 62.4 Å². The highest BCUT2D eigenvalue weighted by atomic mass is 35.5. The van der Waals surface area contributed by atoms with Crippen molar-refractivity contribution in [1.29, 1.82) is 0 Å². The van der Waals surface area contributed by atoms with Crippen molar-refractivity contribution in [3.05, 3.63) is 57.5 Å². The zero-order valence-corrected chi connectivity index (χ0v) is 12.5. The Labute approximate surface area is 131 Å². The molecule has 2 aromatic carbocycles. The first-order chi connectivity index (χ1) is 9.60. The largest absolute Gasteiger partial charge is 0.325 e. The minimum absolute atomic E-state index is 0.308. The van der Waals surface area contributed by atoms with Crippen LogP contribution in [0.1, 0.15) is 0 Å². The first-order valence-corrected chi connectivity index (χ1v) is 6.75. The third kappa shape index (κ3) is 3.77. The summed E-state index contributed by atoms with van der Waals surface area (Å²) in [5, 5.41) is 4.13. The van der Waals surface area contributed by atoms with Crippen molar-refractivity contribution >= 4 is 52.1 Å². The van der Waals surface area contributed by atoms with Gasteiger partial charge in [0, 0.05) is 10.7 Å². The number of rotatable bonds is 2. The van der Waals surface area contributed by atoms with Gasteiger partial charge in [-0.05, 0) is 24.3 Å². The van der Waals surface area contributed by atoms with Gasteiger partial charge in [0.1, 0.15) is 5.69 Å². The fraction of sp³-hybridized carbons (Fsp3) is 0. The highest BCUT2D eigenvalue weighted by Gasteiger charge is 2.08. The van der Waals surface area contributed by atoms with Crippen LogP contribution >= 0.6 is 34.8 Å². The summed E-state index contributed by atoms with van der Waals surface area (Å²) in [5.74, 6) is 5.75. The summed E-state index contributed by atoms with van der Waals surface area (Å²) in [4.78, 5) is 4.26. The third-order valence-corrected chi connectivity index (χ3v) is 3.17. The number of guanidine groups is 1. The van der Waals surface area contributed by atoms with Gasteiger partial charge in [0.15, 0.2) is 0 Å². The maximum Gasteiger partial charge on any atom is 0.215 e. The molecule has 104 valence electrons. The summed E-state index contributed by atoms with van der Waals surface area (Å²) in [6.07, 6.45) is 0. The second-order valence-electron chi connectivity index (χ2n) is 3.81. The Kier molecular flexibility index (Phi) is 5.09. The number of nitrogens with one attached hydrogen (secondary N) is 2. The number of aliphatic imine (C=N–C) groups is 1. The van der Waals surface area contributed by atoms with E-state index in [1.807, 2.05) is 30.3 Å². The molecule has 0 saturated heterocycles. The smallest absolute Gasteiger partial charge is 0.215 e. The van der Waals surface area contributed by atoms with Crippen molar-refractivity contribution in [2.24, 2.45) is 10.8 Å². The van der Waals surface area contributed by atoms with Gasteiger partial charge in [-0.3, -0.25) is 5.43 Å². The lowest BCUT2D eigenvalue weighted by Crippen LogP contribution is -2.36. The summed E-state index contributed by atoms with van der Waals surface area (Å²) in [6.45, 7) is 0. The summed E-state index contributed by atoms with van der Waals surface area (Å²) in [7, 11) is 0. The molecule has 2 aromatic rings. The normalized spacial score (nSPS) is 11.3. The Balaban J connectivity index is 2.32. The maximum absolute atomic E-state index is 6.07. The minimum atomic E-state index is 0.308. The fourth-order valence-corrected chi connectivity index (χ4v) is 2.41. The van der Waals surface area contributed by atoms with Gasteiger partial charge in [0.2, 0.25) is 5.96 Å². The lowest BCUT2D eigenvalue weighted by molar-refractivity contribution is 1.02. The third-order valence-electron chi connectivity index (χ3n) is 2.38. The molecule has 0 aliphatic carbocycles. The van der Waals surface area contributed by atoms with Gasteiger partial charge in [-0.25, -0.2) is 10.8 Å². The van der Waals surface area contributed by atoms with Crippen LogP contribution in [0, 0.1) is 0 Å². The summed E-state index contributed by atoms with van der Waals surface area (Å²) < 4.78 is 0. The number of halogens is 3. The minimum Gasteiger partial charge on any atom is -0.325 e. The van der Waals surface area contributed by atoms with Crippen LogP contribution in [0.4, 0.5) is 11.4 Å². The van der Waals surface area contributed by atoms with Crippen molar-refractivity contribution in [2.75, 3.05) is 5.32 Å². The number of para-hydroxylation sites is 1. The zero-order valence-electron chi connectivity index (χ0n) is 10.2. The van der Waals surface area contributed by atoms with E-state index in [0.29, 0.717) is 26.7 Å². The zero-order chi connectivity index (χ0) is 14.5.